The predicted octanol–water partition coefficient (Wildman–Crippen LogP) is 2.70. The van der Waals surface area contributed by atoms with Crippen LogP contribution in [0, 0.1) is 0 Å². The van der Waals surface area contributed by atoms with Crippen LogP contribution in [-0.2, 0) is 11.2 Å². The van der Waals surface area contributed by atoms with Gasteiger partial charge in [0.15, 0.2) is 0 Å². The van der Waals surface area contributed by atoms with Crippen molar-refractivity contribution in [3.05, 3.63) is 29.3 Å². The molecule has 0 spiro atoms. The molecule has 1 aromatic rings. The number of hydrogen-bond donors (Lipinski definition) is 0. The standard InChI is InChI=1S/C13H16O2/c1-10(6-7-14)11-4-5-13-12(9-11)3-2-8-15-13/h4-5,7,9-10H,2-3,6,8H2,1H3. The lowest BCUT2D eigenvalue weighted by molar-refractivity contribution is -0.108. The summed E-state index contributed by atoms with van der Waals surface area (Å²) in [5, 5.41) is 0. The van der Waals surface area contributed by atoms with Gasteiger partial charge in [0.25, 0.3) is 0 Å². The molecule has 0 aromatic heterocycles. The zero-order valence-electron chi connectivity index (χ0n) is 9.03. The molecule has 2 heteroatoms. The van der Waals surface area contributed by atoms with Gasteiger partial charge in [0.2, 0.25) is 0 Å². The molecule has 1 aliphatic rings. The van der Waals surface area contributed by atoms with Gasteiger partial charge in [-0.3, -0.25) is 0 Å². The summed E-state index contributed by atoms with van der Waals surface area (Å²) in [5.74, 6) is 1.33. The molecule has 15 heavy (non-hydrogen) atoms. The molecule has 1 unspecified atom stereocenters. The van der Waals surface area contributed by atoms with Gasteiger partial charge in [-0.2, -0.15) is 0 Å². The minimum atomic E-state index is 0.315. The molecular formula is C13H16O2. The molecule has 0 bridgehead atoms. The van der Waals surface area contributed by atoms with Crippen LogP contribution in [0.2, 0.25) is 0 Å². The largest absolute Gasteiger partial charge is 0.493 e. The van der Waals surface area contributed by atoms with Gasteiger partial charge in [-0.25, -0.2) is 0 Å². The normalized spacial score (nSPS) is 16.3. The first-order valence-electron chi connectivity index (χ1n) is 5.50. The molecule has 2 nitrogen and oxygen atoms in total. The highest BCUT2D eigenvalue weighted by atomic mass is 16.5. The maximum Gasteiger partial charge on any atom is 0.122 e. The van der Waals surface area contributed by atoms with E-state index in [1.165, 1.54) is 11.1 Å². The molecule has 1 aromatic carbocycles. The average molecular weight is 204 g/mol. The highest BCUT2D eigenvalue weighted by molar-refractivity contribution is 5.52. The third-order valence-corrected chi connectivity index (χ3v) is 2.95. The fraction of sp³-hybridized carbons (Fsp3) is 0.462. The van der Waals surface area contributed by atoms with E-state index in [-0.39, 0.29) is 0 Å². The van der Waals surface area contributed by atoms with E-state index < -0.39 is 0 Å². The number of rotatable bonds is 3. The van der Waals surface area contributed by atoms with Crippen LogP contribution in [0.15, 0.2) is 18.2 Å². The van der Waals surface area contributed by atoms with Crippen LogP contribution < -0.4 is 4.74 Å². The molecule has 1 aliphatic heterocycles. The number of ether oxygens (including phenoxy) is 1. The minimum Gasteiger partial charge on any atom is -0.493 e. The second-order valence-corrected chi connectivity index (χ2v) is 4.12. The molecule has 80 valence electrons. The van der Waals surface area contributed by atoms with Crippen molar-refractivity contribution in [2.45, 2.75) is 32.1 Å². The van der Waals surface area contributed by atoms with E-state index in [4.69, 9.17) is 4.74 Å². The van der Waals surface area contributed by atoms with Crippen molar-refractivity contribution in [3.8, 4) is 5.75 Å². The summed E-state index contributed by atoms with van der Waals surface area (Å²) in [6, 6.07) is 6.28. The number of aryl methyl sites for hydroxylation is 1. The highest BCUT2D eigenvalue weighted by Gasteiger charge is 2.12. The van der Waals surface area contributed by atoms with Crippen LogP contribution in [0.25, 0.3) is 0 Å². The third-order valence-electron chi connectivity index (χ3n) is 2.95. The molecule has 1 atom stereocenters. The Morgan fingerprint density at radius 2 is 2.40 bits per heavy atom. The molecule has 1 heterocycles. The Labute approximate surface area is 90.3 Å². The summed E-state index contributed by atoms with van der Waals surface area (Å²) >= 11 is 0. The first-order valence-corrected chi connectivity index (χ1v) is 5.50. The number of hydrogen-bond acceptors (Lipinski definition) is 2. The van der Waals surface area contributed by atoms with Crippen molar-refractivity contribution in [2.24, 2.45) is 0 Å². The summed E-state index contributed by atoms with van der Waals surface area (Å²) in [6.07, 6.45) is 3.77. The van der Waals surface area contributed by atoms with Crippen molar-refractivity contribution in [1.82, 2.24) is 0 Å². The first-order chi connectivity index (χ1) is 7.31. The van der Waals surface area contributed by atoms with Gasteiger partial charge in [-0.05, 0) is 36.0 Å². The molecule has 0 aliphatic carbocycles. The van der Waals surface area contributed by atoms with Crippen LogP contribution in [0.4, 0.5) is 0 Å². The van der Waals surface area contributed by atoms with Crippen LogP contribution in [0.5, 0.6) is 5.75 Å². The second kappa shape index (κ2) is 4.47. The average Bonchev–Trinajstić information content (AvgIpc) is 2.29. The number of carbonyl (C=O) groups excluding carboxylic acids is 1. The SMILES string of the molecule is CC(CC=O)c1ccc2c(c1)CCCO2. The first kappa shape index (κ1) is 10.2. The van der Waals surface area contributed by atoms with Crippen molar-refractivity contribution in [1.29, 1.82) is 0 Å². The molecule has 0 fully saturated rings. The monoisotopic (exact) mass is 204 g/mol. The van der Waals surface area contributed by atoms with Crippen molar-refractivity contribution < 1.29 is 9.53 Å². The van der Waals surface area contributed by atoms with Crippen molar-refractivity contribution >= 4 is 6.29 Å². The maximum atomic E-state index is 10.5. The Balaban J connectivity index is 2.23. The fourth-order valence-electron chi connectivity index (χ4n) is 1.97. The third kappa shape index (κ3) is 2.20. The van der Waals surface area contributed by atoms with E-state index in [1.807, 2.05) is 6.07 Å². The maximum absolute atomic E-state index is 10.5. The zero-order chi connectivity index (χ0) is 10.7. The minimum absolute atomic E-state index is 0.315. The molecule has 0 N–H and O–H groups in total. The molecule has 0 saturated carbocycles. The number of aldehydes is 1. The Hall–Kier alpha value is -1.31. The number of carbonyl (C=O) groups is 1. The lowest BCUT2D eigenvalue weighted by Crippen LogP contribution is -2.09. The number of fused-ring (bicyclic) bond motifs is 1. The lowest BCUT2D eigenvalue weighted by atomic mass is 9.94. The summed E-state index contributed by atoms with van der Waals surface area (Å²) in [7, 11) is 0. The molecule has 0 radical (unpaired) electrons. The summed E-state index contributed by atoms with van der Waals surface area (Å²) in [6.45, 7) is 2.91. The second-order valence-electron chi connectivity index (χ2n) is 4.12. The summed E-state index contributed by atoms with van der Waals surface area (Å²) < 4.78 is 5.55. The van der Waals surface area contributed by atoms with Gasteiger partial charge >= 0.3 is 0 Å². The van der Waals surface area contributed by atoms with E-state index in [9.17, 15) is 4.79 Å². The zero-order valence-corrected chi connectivity index (χ0v) is 9.03. The van der Waals surface area contributed by atoms with Gasteiger partial charge in [-0.15, -0.1) is 0 Å². The highest BCUT2D eigenvalue weighted by Crippen LogP contribution is 2.29. The fourth-order valence-corrected chi connectivity index (χ4v) is 1.97. The number of benzene rings is 1. The Morgan fingerprint density at radius 1 is 1.53 bits per heavy atom. The van der Waals surface area contributed by atoms with Crippen molar-refractivity contribution in [2.75, 3.05) is 6.61 Å². The Bertz CT molecular complexity index is 358. The van der Waals surface area contributed by atoms with Gasteiger partial charge < -0.3 is 9.53 Å². The van der Waals surface area contributed by atoms with Gasteiger partial charge in [0.05, 0.1) is 6.61 Å². The van der Waals surface area contributed by atoms with Gasteiger partial charge in [-0.1, -0.05) is 19.1 Å². The van der Waals surface area contributed by atoms with E-state index >= 15 is 0 Å². The van der Waals surface area contributed by atoms with E-state index in [2.05, 4.69) is 19.1 Å². The summed E-state index contributed by atoms with van der Waals surface area (Å²) in [4.78, 5) is 10.5. The van der Waals surface area contributed by atoms with Gasteiger partial charge in [0.1, 0.15) is 12.0 Å². The quantitative estimate of drug-likeness (QED) is 0.707. The molecule has 0 saturated heterocycles. The van der Waals surface area contributed by atoms with Crippen molar-refractivity contribution in [3.63, 3.8) is 0 Å². The smallest absolute Gasteiger partial charge is 0.122 e. The Kier molecular flexibility index (Phi) is 3.05. The topological polar surface area (TPSA) is 26.3 Å². The van der Waals surface area contributed by atoms with Crippen LogP contribution in [0.1, 0.15) is 36.8 Å². The predicted molar refractivity (Wildman–Crippen MR) is 59.4 cm³/mol. The van der Waals surface area contributed by atoms with Crippen LogP contribution >= 0.6 is 0 Å². The molecule has 2 rings (SSSR count). The Morgan fingerprint density at radius 3 is 3.20 bits per heavy atom. The van der Waals surface area contributed by atoms with E-state index in [1.54, 1.807) is 0 Å². The van der Waals surface area contributed by atoms with Gasteiger partial charge in [0, 0.05) is 6.42 Å². The van der Waals surface area contributed by atoms with E-state index in [0.717, 1.165) is 31.5 Å². The van der Waals surface area contributed by atoms with E-state index in [0.29, 0.717) is 12.3 Å². The van der Waals surface area contributed by atoms with Crippen LogP contribution in [0.3, 0.4) is 0 Å². The lowest BCUT2D eigenvalue weighted by Gasteiger charge is -2.19. The van der Waals surface area contributed by atoms with Crippen LogP contribution in [-0.4, -0.2) is 12.9 Å². The molecular weight excluding hydrogens is 188 g/mol. The molecule has 0 amide bonds. The summed E-state index contributed by atoms with van der Waals surface area (Å²) in [5.41, 5.74) is 2.53.